The van der Waals surface area contributed by atoms with Crippen LogP contribution in [0.4, 0.5) is 10.1 Å². The monoisotopic (exact) mass is 327 g/mol. The first kappa shape index (κ1) is 14.3. The molecule has 0 atom stereocenters. The second kappa shape index (κ2) is 5.98. The molecule has 1 aromatic carbocycles. The van der Waals surface area contributed by atoms with Crippen molar-refractivity contribution in [2.75, 3.05) is 11.1 Å². The molecule has 3 rings (SSSR count). The van der Waals surface area contributed by atoms with Crippen LogP contribution in [0.2, 0.25) is 5.02 Å². The van der Waals surface area contributed by atoms with Crippen LogP contribution in [0.1, 0.15) is 18.9 Å². The molecular weight excluding hydrogens is 317 g/mol. The van der Waals surface area contributed by atoms with Crippen molar-refractivity contribution in [3.05, 3.63) is 29.0 Å². The van der Waals surface area contributed by atoms with Gasteiger partial charge in [0.15, 0.2) is 0 Å². The summed E-state index contributed by atoms with van der Waals surface area (Å²) >= 11 is 6.88. The van der Waals surface area contributed by atoms with Gasteiger partial charge in [-0.3, -0.25) is 4.79 Å². The summed E-state index contributed by atoms with van der Waals surface area (Å²) in [5, 5.41) is 14.8. The molecule has 1 heterocycles. The molecule has 1 aliphatic rings. The molecule has 0 radical (unpaired) electrons. The van der Waals surface area contributed by atoms with Crippen molar-refractivity contribution >= 4 is 35.0 Å². The molecule has 6 nitrogen and oxygen atoms in total. The van der Waals surface area contributed by atoms with Gasteiger partial charge in [-0.15, -0.1) is 5.10 Å². The van der Waals surface area contributed by atoms with E-state index in [4.69, 9.17) is 11.6 Å². The van der Waals surface area contributed by atoms with E-state index in [1.54, 1.807) is 4.68 Å². The number of tetrazole rings is 1. The van der Waals surface area contributed by atoms with Crippen molar-refractivity contribution in [3.8, 4) is 0 Å². The molecule has 9 heteroatoms. The Morgan fingerprint density at radius 2 is 2.33 bits per heavy atom. The van der Waals surface area contributed by atoms with Crippen molar-refractivity contribution in [2.45, 2.75) is 24.0 Å². The number of benzene rings is 1. The lowest BCUT2D eigenvalue weighted by Crippen LogP contribution is -2.15. The van der Waals surface area contributed by atoms with E-state index >= 15 is 0 Å². The largest absolute Gasteiger partial charge is 0.323 e. The number of carbonyl (C=O) groups excluding carboxylic acids is 1. The second-order valence-corrected chi connectivity index (χ2v) is 5.98. The number of hydrogen-bond donors (Lipinski definition) is 1. The Hall–Kier alpha value is -1.67. The van der Waals surface area contributed by atoms with Crippen LogP contribution >= 0.6 is 23.4 Å². The van der Waals surface area contributed by atoms with E-state index in [1.165, 1.54) is 23.9 Å². The predicted molar refractivity (Wildman–Crippen MR) is 76.9 cm³/mol. The number of nitrogens with zero attached hydrogens (tertiary/aromatic N) is 4. The molecule has 1 fully saturated rings. The molecule has 1 aromatic heterocycles. The Bertz CT molecular complexity index is 675. The van der Waals surface area contributed by atoms with Gasteiger partial charge < -0.3 is 5.32 Å². The normalized spacial score (nSPS) is 14.2. The summed E-state index contributed by atoms with van der Waals surface area (Å²) in [7, 11) is 0. The molecule has 2 aromatic rings. The highest BCUT2D eigenvalue weighted by Gasteiger charge is 2.28. The Kier molecular flexibility index (Phi) is 4.07. The lowest BCUT2D eigenvalue weighted by molar-refractivity contribution is -0.113. The molecule has 1 amide bonds. The molecule has 21 heavy (non-hydrogen) atoms. The lowest BCUT2D eigenvalue weighted by atomic mass is 10.3. The van der Waals surface area contributed by atoms with Crippen molar-refractivity contribution in [3.63, 3.8) is 0 Å². The highest BCUT2D eigenvalue weighted by atomic mass is 35.5. The van der Waals surface area contributed by atoms with Gasteiger partial charge in [0.2, 0.25) is 11.1 Å². The molecule has 0 unspecified atom stereocenters. The first-order valence-electron chi connectivity index (χ1n) is 6.29. The fourth-order valence-electron chi connectivity index (χ4n) is 1.74. The Balaban J connectivity index is 1.57. The first-order chi connectivity index (χ1) is 10.1. The van der Waals surface area contributed by atoms with E-state index in [-0.39, 0.29) is 22.4 Å². The number of rotatable bonds is 5. The average Bonchev–Trinajstić information content (AvgIpc) is 3.18. The minimum absolute atomic E-state index is 0.104. The summed E-state index contributed by atoms with van der Waals surface area (Å²) in [6.07, 6.45) is 2.11. The number of nitrogens with one attached hydrogen (secondary N) is 1. The van der Waals surface area contributed by atoms with Gasteiger partial charge in [-0.1, -0.05) is 23.4 Å². The number of carbonyl (C=O) groups is 1. The third kappa shape index (κ3) is 3.51. The summed E-state index contributed by atoms with van der Waals surface area (Å²) < 4.78 is 15.3. The Labute approximate surface area is 129 Å². The van der Waals surface area contributed by atoms with Crippen LogP contribution in [-0.2, 0) is 4.79 Å². The van der Waals surface area contributed by atoms with Gasteiger partial charge >= 0.3 is 0 Å². The lowest BCUT2D eigenvalue weighted by Gasteiger charge is -2.06. The molecule has 0 bridgehead atoms. The van der Waals surface area contributed by atoms with Crippen LogP contribution in [0.3, 0.4) is 0 Å². The molecular formula is C12H11ClFN5OS. The molecule has 1 N–H and O–H groups in total. The standard InChI is InChI=1S/C12H11ClFN5OS/c13-7-1-4-10(9(14)5-7)15-11(20)6-21-12-16-17-18-19(12)8-2-3-8/h1,4-5,8H,2-3,6H2,(H,15,20). The minimum atomic E-state index is -0.566. The zero-order chi connectivity index (χ0) is 14.8. The van der Waals surface area contributed by atoms with E-state index in [0.717, 1.165) is 18.9 Å². The summed E-state index contributed by atoms with van der Waals surface area (Å²) in [5.74, 6) is -0.787. The van der Waals surface area contributed by atoms with Crippen LogP contribution < -0.4 is 5.32 Å². The highest BCUT2D eigenvalue weighted by Crippen LogP contribution is 2.36. The predicted octanol–water partition coefficient (Wildman–Crippen LogP) is 2.53. The maximum atomic E-state index is 13.6. The molecule has 0 saturated heterocycles. The van der Waals surface area contributed by atoms with E-state index in [0.29, 0.717) is 11.2 Å². The zero-order valence-corrected chi connectivity index (χ0v) is 12.4. The van der Waals surface area contributed by atoms with Crippen LogP contribution in [0.5, 0.6) is 0 Å². The van der Waals surface area contributed by atoms with Gasteiger partial charge in [0.1, 0.15) is 5.82 Å². The summed E-state index contributed by atoms with van der Waals surface area (Å²) in [5.41, 5.74) is 0.104. The number of anilines is 1. The zero-order valence-electron chi connectivity index (χ0n) is 10.8. The Morgan fingerprint density at radius 1 is 1.52 bits per heavy atom. The van der Waals surface area contributed by atoms with Gasteiger partial charge in [-0.05, 0) is 41.5 Å². The van der Waals surface area contributed by atoms with Crippen molar-refractivity contribution in [2.24, 2.45) is 0 Å². The molecule has 0 aliphatic heterocycles. The molecule has 1 saturated carbocycles. The third-order valence-corrected chi connectivity index (χ3v) is 4.06. The SMILES string of the molecule is O=C(CSc1nnnn1C1CC1)Nc1ccc(Cl)cc1F. The number of amides is 1. The highest BCUT2D eigenvalue weighted by molar-refractivity contribution is 7.99. The second-order valence-electron chi connectivity index (χ2n) is 4.60. The summed E-state index contributed by atoms with van der Waals surface area (Å²) in [4.78, 5) is 11.8. The Morgan fingerprint density at radius 3 is 3.05 bits per heavy atom. The van der Waals surface area contributed by atoms with Crippen molar-refractivity contribution in [1.82, 2.24) is 20.2 Å². The average molecular weight is 328 g/mol. The van der Waals surface area contributed by atoms with Crippen LogP contribution in [0.15, 0.2) is 23.4 Å². The molecule has 0 spiro atoms. The smallest absolute Gasteiger partial charge is 0.234 e. The van der Waals surface area contributed by atoms with Crippen molar-refractivity contribution < 1.29 is 9.18 Å². The summed E-state index contributed by atoms with van der Waals surface area (Å²) in [6, 6.07) is 4.44. The van der Waals surface area contributed by atoms with Crippen LogP contribution in [0.25, 0.3) is 0 Å². The molecule has 110 valence electrons. The van der Waals surface area contributed by atoms with E-state index in [9.17, 15) is 9.18 Å². The van der Waals surface area contributed by atoms with Gasteiger partial charge in [0.05, 0.1) is 17.5 Å². The number of aromatic nitrogens is 4. The van der Waals surface area contributed by atoms with Crippen LogP contribution in [0, 0.1) is 5.82 Å². The topological polar surface area (TPSA) is 72.7 Å². The van der Waals surface area contributed by atoms with Gasteiger partial charge in [0, 0.05) is 5.02 Å². The third-order valence-electron chi connectivity index (χ3n) is 2.89. The quantitative estimate of drug-likeness (QED) is 0.854. The number of halogens is 2. The molecule has 1 aliphatic carbocycles. The number of hydrogen-bond acceptors (Lipinski definition) is 5. The van der Waals surface area contributed by atoms with Gasteiger partial charge in [-0.25, -0.2) is 9.07 Å². The fourth-order valence-corrected chi connectivity index (χ4v) is 2.64. The summed E-state index contributed by atoms with van der Waals surface area (Å²) in [6.45, 7) is 0. The number of thioether (sulfide) groups is 1. The maximum Gasteiger partial charge on any atom is 0.234 e. The van der Waals surface area contributed by atoms with E-state index in [2.05, 4.69) is 20.8 Å². The van der Waals surface area contributed by atoms with E-state index in [1.807, 2.05) is 0 Å². The fraction of sp³-hybridized carbons (Fsp3) is 0.333. The minimum Gasteiger partial charge on any atom is -0.323 e. The van der Waals surface area contributed by atoms with Crippen LogP contribution in [-0.4, -0.2) is 31.9 Å². The maximum absolute atomic E-state index is 13.6. The first-order valence-corrected chi connectivity index (χ1v) is 7.65. The van der Waals surface area contributed by atoms with E-state index < -0.39 is 5.82 Å². The van der Waals surface area contributed by atoms with Crippen molar-refractivity contribution in [1.29, 1.82) is 0 Å². The van der Waals surface area contributed by atoms with Gasteiger partial charge in [-0.2, -0.15) is 0 Å². The van der Waals surface area contributed by atoms with Gasteiger partial charge in [0.25, 0.3) is 0 Å².